The molecule has 0 aliphatic carbocycles. The van der Waals surface area contributed by atoms with Crippen molar-refractivity contribution in [2.24, 2.45) is 0 Å². The maximum atomic E-state index is 13.0. The van der Waals surface area contributed by atoms with Crippen molar-refractivity contribution in [1.29, 1.82) is 0 Å². The van der Waals surface area contributed by atoms with Crippen molar-refractivity contribution in [1.82, 2.24) is 20.3 Å². The normalized spacial score (nSPS) is 12.1. The van der Waals surface area contributed by atoms with E-state index in [1.165, 1.54) is 0 Å². The van der Waals surface area contributed by atoms with E-state index in [4.69, 9.17) is 0 Å². The lowest BCUT2D eigenvalue weighted by Crippen LogP contribution is -2.32. The van der Waals surface area contributed by atoms with Gasteiger partial charge in [0.2, 0.25) is 5.91 Å². The summed E-state index contributed by atoms with van der Waals surface area (Å²) >= 11 is 0. The molecule has 31 heavy (non-hydrogen) atoms. The number of benzene rings is 3. The van der Waals surface area contributed by atoms with Crippen molar-refractivity contribution in [3.8, 4) is 0 Å². The lowest BCUT2D eigenvalue weighted by molar-refractivity contribution is -0.120. The Labute approximate surface area is 178 Å². The van der Waals surface area contributed by atoms with Crippen LogP contribution in [0.3, 0.4) is 0 Å². The van der Waals surface area contributed by atoms with Gasteiger partial charge in [-0.1, -0.05) is 54.6 Å². The molecule has 0 bridgehead atoms. The number of hydrogen-bond acceptors (Lipinski definition) is 3. The molecule has 2 aromatic heterocycles. The van der Waals surface area contributed by atoms with Crippen LogP contribution in [-0.2, 0) is 11.2 Å². The van der Waals surface area contributed by atoms with Crippen LogP contribution in [0.1, 0.15) is 22.7 Å². The molecule has 1 atom stereocenters. The molecule has 0 aliphatic rings. The summed E-state index contributed by atoms with van der Waals surface area (Å²) < 4.78 is 0. The number of nitrogens with one attached hydrogen (secondary N) is 3. The van der Waals surface area contributed by atoms with Gasteiger partial charge >= 0.3 is 0 Å². The summed E-state index contributed by atoms with van der Waals surface area (Å²) in [4.78, 5) is 35.7. The Morgan fingerprint density at radius 3 is 2.58 bits per heavy atom. The fraction of sp³-hybridized carbons (Fsp3) is 0.0800. The number of carbonyl (C=O) groups is 1. The van der Waals surface area contributed by atoms with Crippen LogP contribution in [0, 0.1) is 0 Å². The molecule has 152 valence electrons. The number of imidazole rings is 1. The van der Waals surface area contributed by atoms with Gasteiger partial charge in [-0.05, 0) is 40.8 Å². The Hall–Kier alpha value is -4.19. The highest BCUT2D eigenvalue weighted by atomic mass is 16.2. The van der Waals surface area contributed by atoms with Crippen LogP contribution >= 0.6 is 0 Å². The molecule has 6 nitrogen and oxygen atoms in total. The molecule has 0 radical (unpaired) electrons. The van der Waals surface area contributed by atoms with E-state index in [1.807, 2.05) is 72.8 Å². The lowest BCUT2D eigenvalue weighted by atomic mass is 9.97. The molecular weight excluding hydrogens is 388 g/mol. The third-order valence-electron chi connectivity index (χ3n) is 5.40. The number of aromatic amines is 2. The zero-order valence-electron chi connectivity index (χ0n) is 16.6. The summed E-state index contributed by atoms with van der Waals surface area (Å²) in [5.41, 5.74) is 4.61. The molecule has 3 N–H and O–H groups in total. The summed E-state index contributed by atoms with van der Waals surface area (Å²) in [5, 5.41) is 4.00. The van der Waals surface area contributed by atoms with Crippen LogP contribution in [0.25, 0.3) is 21.9 Å². The van der Waals surface area contributed by atoms with E-state index in [0.29, 0.717) is 5.56 Å². The third-order valence-corrected chi connectivity index (χ3v) is 5.40. The average Bonchev–Trinajstić information content (AvgIpc) is 3.26. The molecule has 2 heterocycles. The van der Waals surface area contributed by atoms with Crippen molar-refractivity contribution in [2.45, 2.75) is 12.5 Å². The Kier molecular flexibility index (Phi) is 4.80. The highest BCUT2D eigenvalue weighted by molar-refractivity contribution is 5.83. The zero-order valence-corrected chi connectivity index (χ0v) is 16.6. The van der Waals surface area contributed by atoms with Crippen molar-refractivity contribution in [3.63, 3.8) is 0 Å². The molecule has 0 spiro atoms. The summed E-state index contributed by atoms with van der Waals surface area (Å²) in [6.07, 6.45) is 1.65. The van der Waals surface area contributed by atoms with Crippen molar-refractivity contribution in [3.05, 3.63) is 112 Å². The van der Waals surface area contributed by atoms with Crippen molar-refractivity contribution >= 4 is 27.8 Å². The molecule has 0 saturated heterocycles. The standard InChI is InChI=1S/C25H20N4O2/c30-23(14-19-12-17-8-4-5-9-20(17)28-25(19)31)29-24(16-6-2-1-3-7-16)18-10-11-21-22(13-18)27-15-26-21/h1-13,15,24H,14H2,(H,26,27)(H,28,31)(H,29,30). The quantitative estimate of drug-likeness (QED) is 0.413. The number of nitrogens with zero attached hydrogens (tertiary/aromatic N) is 1. The van der Waals surface area contributed by atoms with Gasteiger partial charge in [-0.15, -0.1) is 0 Å². The monoisotopic (exact) mass is 408 g/mol. The first-order chi connectivity index (χ1) is 15.2. The van der Waals surface area contributed by atoms with E-state index in [-0.39, 0.29) is 23.9 Å². The van der Waals surface area contributed by atoms with E-state index in [2.05, 4.69) is 20.3 Å². The Morgan fingerprint density at radius 1 is 0.903 bits per heavy atom. The summed E-state index contributed by atoms with van der Waals surface area (Å²) in [7, 11) is 0. The van der Waals surface area contributed by atoms with Gasteiger partial charge in [0, 0.05) is 11.1 Å². The summed E-state index contributed by atoms with van der Waals surface area (Å²) in [6.45, 7) is 0. The van der Waals surface area contributed by atoms with E-state index in [1.54, 1.807) is 12.4 Å². The first-order valence-corrected chi connectivity index (χ1v) is 10.1. The minimum absolute atomic E-state index is 0.00416. The van der Waals surface area contributed by atoms with Gasteiger partial charge in [0.25, 0.3) is 5.56 Å². The first kappa shape index (κ1) is 18.8. The SMILES string of the molecule is O=C(Cc1cc2ccccc2[nH]c1=O)NC(c1ccccc1)c1ccc2nc[nH]c2c1. The summed E-state index contributed by atoms with van der Waals surface area (Å²) in [6, 6.07) is 24.6. The number of aromatic nitrogens is 3. The lowest BCUT2D eigenvalue weighted by Gasteiger charge is -2.20. The fourth-order valence-corrected chi connectivity index (χ4v) is 3.85. The second kappa shape index (κ2) is 7.91. The minimum atomic E-state index is -0.346. The highest BCUT2D eigenvalue weighted by Gasteiger charge is 2.19. The zero-order chi connectivity index (χ0) is 21.2. The van der Waals surface area contributed by atoms with Crippen LogP contribution in [0.15, 0.2) is 90.0 Å². The Balaban J connectivity index is 1.46. The van der Waals surface area contributed by atoms with Gasteiger partial charge < -0.3 is 15.3 Å². The topological polar surface area (TPSA) is 90.6 Å². The second-order valence-corrected chi connectivity index (χ2v) is 7.48. The van der Waals surface area contributed by atoms with Crippen LogP contribution in [-0.4, -0.2) is 20.9 Å². The van der Waals surface area contributed by atoms with Gasteiger partial charge in [0.05, 0.1) is 29.8 Å². The number of H-pyrrole nitrogens is 2. The maximum Gasteiger partial charge on any atom is 0.252 e. The summed E-state index contributed by atoms with van der Waals surface area (Å²) in [5.74, 6) is -0.223. The number of amides is 1. The van der Waals surface area contributed by atoms with Gasteiger partial charge in [0.15, 0.2) is 0 Å². The van der Waals surface area contributed by atoms with E-state index >= 15 is 0 Å². The number of rotatable bonds is 5. The average molecular weight is 408 g/mol. The van der Waals surface area contributed by atoms with Crippen molar-refractivity contribution in [2.75, 3.05) is 0 Å². The number of carbonyl (C=O) groups excluding carboxylic acids is 1. The predicted molar refractivity (Wildman–Crippen MR) is 121 cm³/mol. The highest BCUT2D eigenvalue weighted by Crippen LogP contribution is 2.24. The molecule has 0 saturated carbocycles. The van der Waals surface area contributed by atoms with E-state index < -0.39 is 0 Å². The molecule has 0 aliphatic heterocycles. The largest absolute Gasteiger partial charge is 0.345 e. The first-order valence-electron chi connectivity index (χ1n) is 10.1. The van der Waals surface area contributed by atoms with E-state index in [9.17, 15) is 9.59 Å². The predicted octanol–water partition coefficient (Wildman–Crippen LogP) is 3.85. The van der Waals surface area contributed by atoms with E-state index in [0.717, 1.165) is 33.1 Å². The molecule has 5 rings (SSSR count). The Morgan fingerprint density at radius 2 is 1.71 bits per heavy atom. The number of hydrogen-bond donors (Lipinski definition) is 3. The van der Waals surface area contributed by atoms with Gasteiger partial charge in [-0.3, -0.25) is 9.59 Å². The molecule has 3 aromatic carbocycles. The van der Waals surface area contributed by atoms with Crippen LogP contribution in [0.4, 0.5) is 0 Å². The van der Waals surface area contributed by atoms with Crippen LogP contribution < -0.4 is 10.9 Å². The second-order valence-electron chi connectivity index (χ2n) is 7.48. The molecular formula is C25H20N4O2. The Bertz CT molecular complexity index is 1440. The molecule has 1 amide bonds. The van der Waals surface area contributed by atoms with Crippen LogP contribution in [0.2, 0.25) is 0 Å². The number of para-hydroxylation sites is 1. The molecule has 0 fully saturated rings. The van der Waals surface area contributed by atoms with Crippen LogP contribution in [0.5, 0.6) is 0 Å². The smallest absolute Gasteiger partial charge is 0.252 e. The van der Waals surface area contributed by atoms with Gasteiger partial charge in [-0.25, -0.2) is 4.98 Å². The fourth-order valence-electron chi connectivity index (χ4n) is 3.85. The van der Waals surface area contributed by atoms with Gasteiger partial charge in [0.1, 0.15) is 0 Å². The third kappa shape index (κ3) is 3.83. The minimum Gasteiger partial charge on any atom is -0.345 e. The molecule has 5 aromatic rings. The molecule has 6 heteroatoms. The van der Waals surface area contributed by atoms with Gasteiger partial charge in [-0.2, -0.15) is 0 Å². The maximum absolute atomic E-state index is 13.0. The van der Waals surface area contributed by atoms with Crippen molar-refractivity contribution < 1.29 is 4.79 Å². The molecule has 1 unspecified atom stereocenters. The number of fused-ring (bicyclic) bond motifs is 2. The number of pyridine rings is 1.